The number of hydrogen-bond acceptors (Lipinski definition) is 5. The van der Waals surface area contributed by atoms with Gasteiger partial charge in [-0.1, -0.05) is 12.1 Å². The highest BCUT2D eigenvalue weighted by atomic mass is 16.6. The Morgan fingerprint density at radius 3 is 2.85 bits per heavy atom. The molecule has 1 aromatic rings. The topological polar surface area (TPSA) is 102 Å². The van der Waals surface area contributed by atoms with Crippen LogP contribution in [-0.4, -0.2) is 35.2 Å². The number of nitro groups is 1. The van der Waals surface area contributed by atoms with Gasteiger partial charge in [-0.2, -0.15) is 0 Å². The average Bonchev–Trinajstić information content (AvgIpc) is 2.43. The van der Waals surface area contributed by atoms with Gasteiger partial charge in [0, 0.05) is 18.7 Å². The molecule has 20 heavy (non-hydrogen) atoms. The maximum absolute atomic E-state index is 11.6. The van der Waals surface area contributed by atoms with E-state index in [9.17, 15) is 14.9 Å². The Labute approximate surface area is 116 Å². The summed E-state index contributed by atoms with van der Waals surface area (Å²) < 4.78 is 5.16. The Bertz CT molecular complexity index is 464. The Kier molecular flexibility index (Phi) is 6.45. The Hall–Kier alpha value is -2.15. The van der Waals surface area contributed by atoms with Crippen LogP contribution in [0.5, 0.6) is 5.75 Å². The van der Waals surface area contributed by atoms with Gasteiger partial charge < -0.3 is 15.2 Å². The Morgan fingerprint density at radius 2 is 2.20 bits per heavy atom. The lowest BCUT2D eigenvalue weighted by atomic mass is 10.2. The van der Waals surface area contributed by atoms with E-state index in [1.165, 1.54) is 18.2 Å². The molecule has 0 spiro atoms. The number of para-hydroxylation sites is 2. The minimum atomic E-state index is -0.558. The molecule has 0 aliphatic heterocycles. The first-order valence-corrected chi connectivity index (χ1v) is 6.31. The molecule has 7 nitrogen and oxygen atoms in total. The number of aliphatic hydroxyl groups excluding tert-OH is 1. The van der Waals surface area contributed by atoms with E-state index in [-0.39, 0.29) is 36.6 Å². The molecule has 1 rings (SSSR count). The quantitative estimate of drug-likeness (QED) is 0.552. The van der Waals surface area contributed by atoms with Crippen LogP contribution in [-0.2, 0) is 4.79 Å². The van der Waals surface area contributed by atoms with Crippen molar-refractivity contribution in [2.24, 2.45) is 0 Å². The van der Waals surface area contributed by atoms with Gasteiger partial charge in [0.15, 0.2) is 12.4 Å². The second kappa shape index (κ2) is 8.11. The third-order valence-electron chi connectivity index (χ3n) is 2.62. The maximum atomic E-state index is 11.6. The molecule has 1 unspecified atom stereocenters. The van der Waals surface area contributed by atoms with Gasteiger partial charge in [0.2, 0.25) is 0 Å². The molecule has 0 heterocycles. The van der Waals surface area contributed by atoms with E-state index in [4.69, 9.17) is 9.84 Å². The molecule has 2 N–H and O–H groups in total. The predicted octanol–water partition coefficient (Wildman–Crippen LogP) is 1.25. The molecule has 0 aliphatic carbocycles. The summed E-state index contributed by atoms with van der Waals surface area (Å²) in [5, 5.41) is 22.1. The summed E-state index contributed by atoms with van der Waals surface area (Å²) in [4.78, 5) is 21.8. The molecular formula is C13H18N2O5. The first-order chi connectivity index (χ1) is 9.54. The van der Waals surface area contributed by atoms with Crippen LogP contribution in [0, 0.1) is 10.1 Å². The van der Waals surface area contributed by atoms with Gasteiger partial charge in [0.05, 0.1) is 4.92 Å². The molecule has 1 amide bonds. The van der Waals surface area contributed by atoms with Crippen molar-refractivity contribution in [1.82, 2.24) is 5.32 Å². The van der Waals surface area contributed by atoms with Crippen molar-refractivity contribution < 1.29 is 19.6 Å². The number of aliphatic hydroxyl groups is 1. The van der Waals surface area contributed by atoms with Gasteiger partial charge in [0.1, 0.15) is 0 Å². The molecule has 0 radical (unpaired) electrons. The number of nitrogens with zero attached hydrogens (tertiary/aromatic N) is 1. The number of amides is 1. The lowest BCUT2D eigenvalue weighted by Gasteiger charge is -2.13. The standard InChI is InChI=1S/C13H18N2O5/c1-10(5-4-8-16)14-13(17)9-20-12-7-3-2-6-11(12)15(18)19/h2-3,6-7,10,16H,4-5,8-9H2,1H3,(H,14,17). The number of nitro benzene ring substituents is 1. The van der Waals surface area contributed by atoms with Gasteiger partial charge in [-0.25, -0.2) is 0 Å². The van der Waals surface area contributed by atoms with Crippen molar-refractivity contribution in [1.29, 1.82) is 0 Å². The number of carbonyl (C=O) groups excluding carboxylic acids is 1. The second-order valence-corrected chi connectivity index (χ2v) is 4.35. The van der Waals surface area contributed by atoms with Gasteiger partial charge in [-0.15, -0.1) is 0 Å². The minimum Gasteiger partial charge on any atom is -0.477 e. The highest BCUT2D eigenvalue weighted by Crippen LogP contribution is 2.25. The molecule has 1 aromatic carbocycles. The lowest BCUT2D eigenvalue weighted by molar-refractivity contribution is -0.385. The summed E-state index contributed by atoms with van der Waals surface area (Å²) in [6, 6.07) is 5.81. The number of ether oxygens (including phenoxy) is 1. The molecule has 1 atom stereocenters. The number of rotatable bonds is 8. The summed E-state index contributed by atoms with van der Waals surface area (Å²) in [5.41, 5.74) is -0.173. The highest BCUT2D eigenvalue weighted by molar-refractivity contribution is 5.77. The van der Waals surface area contributed by atoms with Gasteiger partial charge in [-0.05, 0) is 25.8 Å². The number of benzene rings is 1. The van der Waals surface area contributed by atoms with Crippen molar-refractivity contribution in [2.45, 2.75) is 25.8 Å². The van der Waals surface area contributed by atoms with Crippen LogP contribution < -0.4 is 10.1 Å². The van der Waals surface area contributed by atoms with Crippen LogP contribution in [0.4, 0.5) is 5.69 Å². The fourth-order valence-corrected chi connectivity index (χ4v) is 1.66. The third kappa shape index (κ3) is 5.23. The van der Waals surface area contributed by atoms with Crippen molar-refractivity contribution in [3.63, 3.8) is 0 Å². The fourth-order valence-electron chi connectivity index (χ4n) is 1.66. The molecule has 110 valence electrons. The van der Waals surface area contributed by atoms with E-state index >= 15 is 0 Å². The zero-order valence-corrected chi connectivity index (χ0v) is 11.2. The summed E-state index contributed by atoms with van der Waals surface area (Å²) in [6.45, 7) is 1.61. The molecular weight excluding hydrogens is 264 g/mol. The fraction of sp³-hybridized carbons (Fsp3) is 0.462. The summed E-state index contributed by atoms with van der Waals surface area (Å²) in [7, 11) is 0. The van der Waals surface area contributed by atoms with Crippen LogP contribution in [0.25, 0.3) is 0 Å². The van der Waals surface area contributed by atoms with Crippen LogP contribution >= 0.6 is 0 Å². The molecule has 0 fully saturated rings. The van der Waals surface area contributed by atoms with Crippen molar-refractivity contribution >= 4 is 11.6 Å². The first kappa shape index (κ1) is 15.9. The second-order valence-electron chi connectivity index (χ2n) is 4.35. The van der Waals surface area contributed by atoms with Crippen LogP contribution in [0.15, 0.2) is 24.3 Å². The Morgan fingerprint density at radius 1 is 1.50 bits per heavy atom. The molecule has 0 aromatic heterocycles. The average molecular weight is 282 g/mol. The molecule has 0 saturated heterocycles. The smallest absolute Gasteiger partial charge is 0.310 e. The summed E-state index contributed by atoms with van der Waals surface area (Å²) in [5.74, 6) is -0.288. The summed E-state index contributed by atoms with van der Waals surface area (Å²) >= 11 is 0. The number of carbonyl (C=O) groups is 1. The van der Waals surface area contributed by atoms with E-state index < -0.39 is 4.92 Å². The van der Waals surface area contributed by atoms with Crippen LogP contribution in [0.3, 0.4) is 0 Å². The molecule has 7 heteroatoms. The monoisotopic (exact) mass is 282 g/mol. The van der Waals surface area contributed by atoms with E-state index in [0.717, 1.165) is 0 Å². The van der Waals surface area contributed by atoms with Gasteiger partial charge in [0.25, 0.3) is 5.91 Å². The van der Waals surface area contributed by atoms with Crippen LogP contribution in [0.2, 0.25) is 0 Å². The van der Waals surface area contributed by atoms with Crippen molar-refractivity contribution in [2.75, 3.05) is 13.2 Å². The predicted molar refractivity (Wildman–Crippen MR) is 72.5 cm³/mol. The minimum absolute atomic E-state index is 0.0654. The molecule has 0 aliphatic rings. The largest absolute Gasteiger partial charge is 0.477 e. The number of nitrogens with one attached hydrogen (secondary N) is 1. The number of hydrogen-bond donors (Lipinski definition) is 2. The molecule has 0 saturated carbocycles. The molecule has 0 bridgehead atoms. The van der Waals surface area contributed by atoms with E-state index in [0.29, 0.717) is 12.8 Å². The Balaban J connectivity index is 2.47. The van der Waals surface area contributed by atoms with Crippen molar-refractivity contribution in [3.05, 3.63) is 34.4 Å². The lowest BCUT2D eigenvalue weighted by Crippen LogP contribution is -2.36. The zero-order valence-electron chi connectivity index (χ0n) is 11.2. The van der Waals surface area contributed by atoms with Gasteiger partial charge in [-0.3, -0.25) is 14.9 Å². The SMILES string of the molecule is CC(CCCO)NC(=O)COc1ccccc1[N+](=O)[O-]. The normalized spacial score (nSPS) is 11.7. The zero-order chi connectivity index (χ0) is 15.0. The van der Waals surface area contributed by atoms with E-state index in [1.54, 1.807) is 6.07 Å². The van der Waals surface area contributed by atoms with E-state index in [2.05, 4.69) is 5.32 Å². The first-order valence-electron chi connectivity index (χ1n) is 6.31. The van der Waals surface area contributed by atoms with Crippen molar-refractivity contribution in [3.8, 4) is 5.75 Å². The van der Waals surface area contributed by atoms with E-state index in [1.807, 2.05) is 6.92 Å². The van der Waals surface area contributed by atoms with Gasteiger partial charge >= 0.3 is 5.69 Å². The summed E-state index contributed by atoms with van der Waals surface area (Å²) in [6.07, 6.45) is 1.26. The third-order valence-corrected chi connectivity index (χ3v) is 2.62. The highest BCUT2D eigenvalue weighted by Gasteiger charge is 2.15. The van der Waals surface area contributed by atoms with Crippen LogP contribution in [0.1, 0.15) is 19.8 Å². The maximum Gasteiger partial charge on any atom is 0.310 e.